The van der Waals surface area contributed by atoms with E-state index in [0.717, 1.165) is 0 Å². The maximum absolute atomic E-state index is 14.0. The maximum atomic E-state index is 14.0. The first-order chi connectivity index (χ1) is 20.3. The number of likely N-dealkylation sites (N-methyl/N-ethyl adjacent to an activating group) is 1. The Morgan fingerprint density at radius 2 is 1.84 bits per heavy atom. The third-order valence-electron chi connectivity index (χ3n) is 8.48. The molecule has 0 aliphatic heterocycles. The van der Waals surface area contributed by atoms with Crippen molar-refractivity contribution in [1.29, 1.82) is 0 Å². The molecule has 222 valence electrons. The number of nitrogens with two attached hydrogens (primary N) is 1. The number of ketones is 2. The number of thiazole rings is 1. The van der Waals surface area contributed by atoms with Crippen LogP contribution in [0.4, 0.5) is 15.2 Å². The SMILES string of the molecule is CN(C)[C@H]1C(=O)C(C(N)=O)=C(O)[C@@]2(O)C(=O)C3=C(O)c4c(ccc(Nc5nc(-c6ccc(F)cc6)cs5)c4O)C[C@H]3C[C@H]12. The third-order valence-corrected chi connectivity index (χ3v) is 9.24. The Labute approximate surface area is 248 Å². The molecule has 1 amide bonds. The standard InChI is InChI=1S/C30H27FN4O7S/c1-35(2)22-16-10-14-9-13-5-8-17(33-29-34-18(11-43-29)12-3-6-15(31)7-4-12)23(36)19(13)24(37)20(14)26(39)30(16,42)27(40)21(25(22)38)28(32)41/h3-8,11,14,16,22,36-37,40,42H,9-10H2,1-2H3,(H2,32,41)(H,33,34)/t14-,16+,22+,30-/m0/s1. The molecule has 0 bridgehead atoms. The molecule has 6 rings (SSSR count). The van der Waals surface area contributed by atoms with Crippen LogP contribution in [0.15, 0.2) is 58.7 Å². The van der Waals surface area contributed by atoms with Crippen molar-refractivity contribution in [1.82, 2.24) is 9.88 Å². The Morgan fingerprint density at radius 1 is 1.14 bits per heavy atom. The van der Waals surface area contributed by atoms with E-state index in [-0.39, 0.29) is 41.2 Å². The molecule has 0 unspecified atom stereocenters. The molecule has 3 aliphatic rings. The van der Waals surface area contributed by atoms with Crippen LogP contribution in [0.25, 0.3) is 17.0 Å². The molecule has 1 heterocycles. The van der Waals surface area contributed by atoms with Gasteiger partial charge in [-0.2, -0.15) is 0 Å². The Morgan fingerprint density at radius 3 is 2.49 bits per heavy atom. The van der Waals surface area contributed by atoms with Gasteiger partial charge in [-0.25, -0.2) is 9.37 Å². The Hall–Kier alpha value is -4.59. The van der Waals surface area contributed by atoms with Gasteiger partial charge in [-0.3, -0.25) is 19.3 Å². The van der Waals surface area contributed by atoms with Crippen LogP contribution < -0.4 is 11.1 Å². The number of halogens is 1. The first-order valence-electron chi connectivity index (χ1n) is 13.3. The highest BCUT2D eigenvalue weighted by Crippen LogP contribution is 2.53. The predicted octanol–water partition coefficient (Wildman–Crippen LogP) is 2.97. The summed E-state index contributed by atoms with van der Waals surface area (Å²) in [4.78, 5) is 45.2. The highest BCUT2D eigenvalue weighted by molar-refractivity contribution is 7.14. The molecule has 1 fully saturated rings. The first-order valence-corrected chi connectivity index (χ1v) is 14.2. The minimum atomic E-state index is -2.70. The van der Waals surface area contributed by atoms with E-state index < -0.39 is 58.0 Å². The summed E-state index contributed by atoms with van der Waals surface area (Å²) in [5.41, 5.74) is 3.52. The number of fused-ring (bicyclic) bond motifs is 3. The monoisotopic (exact) mass is 606 g/mol. The van der Waals surface area contributed by atoms with Crippen molar-refractivity contribution in [2.45, 2.75) is 24.5 Å². The van der Waals surface area contributed by atoms with Gasteiger partial charge in [0.2, 0.25) is 5.78 Å². The van der Waals surface area contributed by atoms with Gasteiger partial charge >= 0.3 is 0 Å². The Kier molecular flexibility index (Phi) is 6.64. The molecule has 43 heavy (non-hydrogen) atoms. The zero-order chi connectivity index (χ0) is 31.0. The molecule has 1 saturated carbocycles. The van der Waals surface area contributed by atoms with Crippen LogP contribution in [-0.2, 0) is 20.8 Å². The predicted molar refractivity (Wildman–Crippen MR) is 155 cm³/mol. The number of Topliss-reactive ketones (excluding diaryl/α,β-unsaturated/α-hetero) is 2. The summed E-state index contributed by atoms with van der Waals surface area (Å²) < 4.78 is 13.3. The number of hydrogen-bond acceptors (Lipinski definition) is 11. The van der Waals surface area contributed by atoms with Crippen LogP contribution in [0, 0.1) is 17.7 Å². The summed E-state index contributed by atoms with van der Waals surface area (Å²) in [6, 6.07) is 7.97. The number of benzene rings is 2. The molecule has 3 aromatic rings. The summed E-state index contributed by atoms with van der Waals surface area (Å²) in [5, 5.41) is 50.5. The van der Waals surface area contributed by atoms with Crippen LogP contribution in [0.3, 0.4) is 0 Å². The van der Waals surface area contributed by atoms with E-state index in [1.165, 1.54) is 28.4 Å². The second kappa shape index (κ2) is 10.0. The number of amides is 1. The van der Waals surface area contributed by atoms with E-state index in [9.17, 15) is 39.2 Å². The number of nitrogens with zero attached hydrogens (tertiary/aromatic N) is 2. The van der Waals surface area contributed by atoms with Gasteiger partial charge in [0.15, 0.2) is 16.5 Å². The molecule has 1 aromatic heterocycles. The van der Waals surface area contributed by atoms with Crippen molar-refractivity contribution in [2.75, 3.05) is 19.4 Å². The van der Waals surface area contributed by atoms with E-state index in [1.54, 1.807) is 43.7 Å². The van der Waals surface area contributed by atoms with Crippen molar-refractivity contribution in [2.24, 2.45) is 17.6 Å². The third kappa shape index (κ3) is 4.22. The summed E-state index contributed by atoms with van der Waals surface area (Å²) in [6.45, 7) is 0. The van der Waals surface area contributed by atoms with Gasteiger partial charge in [-0.1, -0.05) is 6.07 Å². The Balaban J connectivity index is 1.40. The van der Waals surface area contributed by atoms with E-state index in [0.29, 0.717) is 22.0 Å². The van der Waals surface area contributed by atoms with Gasteiger partial charge in [-0.15, -0.1) is 11.3 Å². The molecule has 0 saturated heterocycles. The lowest BCUT2D eigenvalue weighted by Crippen LogP contribution is -2.65. The van der Waals surface area contributed by atoms with Crippen LogP contribution >= 0.6 is 11.3 Å². The summed E-state index contributed by atoms with van der Waals surface area (Å²) >= 11 is 1.24. The number of phenols is 1. The number of hydrogen-bond donors (Lipinski definition) is 6. The number of aromatic nitrogens is 1. The molecule has 7 N–H and O–H groups in total. The number of carbonyl (C=O) groups excluding carboxylic acids is 3. The topological polar surface area (TPSA) is 186 Å². The van der Waals surface area contributed by atoms with Crippen molar-refractivity contribution < 1.29 is 39.2 Å². The zero-order valence-electron chi connectivity index (χ0n) is 23.0. The highest BCUT2D eigenvalue weighted by atomic mass is 32.1. The number of nitrogens with one attached hydrogen (secondary N) is 1. The molecule has 13 heteroatoms. The van der Waals surface area contributed by atoms with Gasteiger partial charge in [-0.05, 0) is 68.8 Å². The zero-order valence-corrected chi connectivity index (χ0v) is 23.8. The van der Waals surface area contributed by atoms with Gasteiger partial charge < -0.3 is 31.5 Å². The minimum absolute atomic E-state index is 0.0117. The smallest absolute Gasteiger partial charge is 0.255 e. The molecule has 3 aliphatic carbocycles. The first kappa shape index (κ1) is 28.5. The summed E-state index contributed by atoms with van der Waals surface area (Å²) in [6.07, 6.45) is 0.201. The largest absolute Gasteiger partial charge is 0.508 e. The second-order valence-corrected chi connectivity index (χ2v) is 12.0. The van der Waals surface area contributed by atoms with Gasteiger partial charge in [0.05, 0.1) is 23.0 Å². The fraction of sp³-hybridized carbons (Fsp3) is 0.267. The van der Waals surface area contributed by atoms with Crippen molar-refractivity contribution in [3.63, 3.8) is 0 Å². The molecule has 2 aromatic carbocycles. The van der Waals surface area contributed by atoms with Crippen molar-refractivity contribution in [3.05, 3.63) is 75.6 Å². The lowest BCUT2D eigenvalue weighted by Gasteiger charge is -2.50. The van der Waals surface area contributed by atoms with Crippen LogP contribution in [0.5, 0.6) is 5.75 Å². The van der Waals surface area contributed by atoms with Crippen LogP contribution in [0.2, 0.25) is 0 Å². The number of primary amides is 1. The fourth-order valence-corrected chi connectivity index (χ4v) is 7.25. The molecule has 0 spiro atoms. The number of phenolic OH excluding ortho intramolecular Hbond substituents is 1. The summed E-state index contributed by atoms with van der Waals surface area (Å²) in [5.74, 6) is -7.42. The quantitative estimate of drug-likeness (QED) is 0.186. The van der Waals surface area contributed by atoms with Crippen molar-refractivity contribution >= 4 is 45.4 Å². The van der Waals surface area contributed by atoms with Crippen LogP contribution in [-0.4, -0.2) is 73.5 Å². The molecule has 0 radical (unpaired) electrons. The number of aliphatic hydroxyl groups excluding tert-OH is 2. The normalized spacial score (nSPS) is 25.0. The Bertz CT molecular complexity index is 1780. The molecule has 4 atom stereocenters. The number of rotatable bonds is 5. The fourth-order valence-electron chi connectivity index (χ4n) is 6.52. The van der Waals surface area contributed by atoms with Gasteiger partial charge in [0.25, 0.3) is 5.91 Å². The maximum Gasteiger partial charge on any atom is 0.255 e. The van der Waals surface area contributed by atoms with E-state index in [4.69, 9.17) is 5.73 Å². The lowest BCUT2D eigenvalue weighted by atomic mass is 9.57. The minimum Gasteiger partial charge on any atom is -0.508 e. The molecule has 11 nitrogen and oxygen atoms in total. The number of anilines is 2. The average molecular weight is 607 g/mol. The highest BCUT2D eigenvalue weighted by Gasteiger charge is 2.64. The van der Waals surface area contributed by atoms with E-state index >= 15 is 0 Å². The molecular formula is C30H27FN4O7S. The summed E-state index contributed by atoms with van der Waals surface area (Å²) in [7, 11) is 3.09. The lowest BCUT2D eigenvalue weighted by molar-refractivity contribution is -0.153. The second-order valence-electron chi connectivity index (χ2n) is 11.1. The van der Waals surface area contributed by atoms with Crippen molar-refractivity contribution in [3.8, 4) is 17.0 Å². The number of aliphatic hydroxyl groups is 3. The van der Waals surface area contributed by atoms with E-state index in [2.05, 4.69) is 10.3 Å². The van der Waals surface area contributed by atoms with E-state index in [1.807, 2.05) is 0 Å². The van der Waals surface area contributed by atoms with Gasteiger partial charge in [0, 0.05) is 22.4 Å². The average Bonchev–Trinajstić information content (AvgIpc) is 3.41. The number of carbonyl (C=O) groups is 3. The molecular weight excluding hydrogens is 579 g/mol. The number of aromatic hydroxyl groups is 1. The van der Waals surface area contributed by atoms with Gasteiger partial charge in [0.1, 0.15) is 28.7 Å². The van der Waals surface area contributed by atoms with Crippen LogP contribution in [0.1, 0.15) is 17.5 Å².